The highest BCUT2D eigenvalue weighted by Crippen LogP contribution is 2.34. The van der Waals surface area contributed by atoms with Gasteiger partial charge in [0.25, 0.3) is 0 Å². The molecule has 1 heterocycles. The summed E-state index contributed by atoms with van der Waals surface area (Å²) in [6, 6.07) is 5.62. The lowest BCUT2D eigenvalue weighted by molar-refractivity contribution is -0.274. The van der Waals surface area contributed by atoms with Gasteiger partial charge in [-0.1, -0.05) is 0 Å². The lowest BCUT2D eigenvalue weighted by Gasteiger charge is -2.11. The minimum atomic E-state index is -4.75. The number of ether oxygens (including phenoxy) is 2. The van der Waals surface area contributed by atoms with Gasteiger partial charge in [-0.05, 0) is 47.1 Å². The fourth-order valence-electron chi connectivity index (χ4n) is 1.33. The maximum atomic E-state index is 12.1. The minimum Gasteiger partial charge on any atom is -0.424 e. The summed E-state index contributed by atoms with van der Waals surface area (Å²) in [4.78, 5) is 7.91. The van der Waals surface area contributed by atoms with E-state index in [-0.39, 0.29) is 22.0 Å². The van der Waals surface area contributed by atoms with Crippen LogP contribution in [0, 0.1) is 6.92 Å². The van der Waals surface area contributed by atoms with E-state index >= 15 is 0 Å². The molecule has 0 amide bonds. The van der Waals surface area contributed by atoms with Crippen LogP contribution in [0.5, 0.6) is 17.5 Å². The molecular formula is C12H8BrF3N2O2. The van der Waals surface area contributed by atoms with Gasteiger partial charge in [0.05, 0.1) is 4.47 Å². The van der Waals surface area contributed by atoms with E-state index in [0.717, 1.165) is 6.07 Å². The second kappa shape index (κ2) is 5.66. The normalized spacial score (nSPS) is 11.2. The smallest absolute Gasteiger partial charge is 0.424 e. The SMILES string of the molecule is Cc1ccnc(Oc2ccc(OC(F)(F)F)c(Br)c2)n1. The van der Waals surface area contributed by atoms with Crippen LogP contribution >= 0.6 is 15.9 Å². The molecule has 0 fully saturated rings. The molecule has 1 aromatic heterocycles. The molecule has 0 bridgehead atoms. The second-order valence-electron chi connectivity index (χ2n) is 3.72. The predicted octanol–water partition coefficient (Wildman–Crippen LogP) is 4.24. The molecule has 4 nitrogen and oxygen atoms in total. The molecule has 2 aromatic rings. The van der Waals surface area contributed by atoms with Crippen LogP contribution in [0.25, 0.3) is 0 Å². The zero-order valence-electron chi connectivity index (χ0n) is 10.1. The Hall–Kier alpha value is -1.83. The first-order valence-corrected chi connectivity index (χ1v) is 6.15. The van der Waals surface area contributed by atoms with E-state index in [4.69, 9.17) is 4.74 Å². The molecular weight excluding hydrogens is 341 g/mol. The van der Waals surface area contributed by atoms with Crippen molar-refractivity contribution in [2.45, 2.75) is 13.3 Å². The van der Waals surface area contributed by atoms with Gasteiger partial charge in [0, 0.05) is 11.9 Å². The average Bonchev–Trinajstić information content (AvgIpc) is 2.31. The Morgan fingerprint density at radius 2 is 1.95 bits per heavy atom. The molecule has 0 N–H and O–H groups in total. The van der Waals surface area contributed by atoms with Crippen molar-refractivity contribution in [3.8, 4) is 17.5 Å². The molecule has 0 aliphatic carbocycles. The van der Waals surface area contributed by atoms with Crippen molar-refractivity contribution < 1.29 is 22.6 Å². The summed E-state index contributed by atoms with van der Waals surface area (Å²) < 4.78 is 45.6. The molecule has 8 heteroatoms. The molecule has 0 atom stereocenters. The van der Waals surface area contributed by atoms with Crippen molar-refractivity contribution in [2.24, 2.45) is 0 Å². The van der Waals surface area contributed by atoms with E-state index in [2.05, 4.69) is 30.6 Å². The van der Waals surface area contributed by atoms with E-state index in [0.29, 0.717) is 5.69 Å². The third kappa shape index (κ3) is 4.09. The molecule has 0 radical (unpaired) electrons. The number of aromatic nitrogens is 2. The number of rotatable bonds is 3. The van der Waals surface area contributed by atoms with Crippen molar-refractivity contribution in [2.75, 3.05) is 0 Å². The predicted molar refractivity (Wildman–Crippen MR) is 67.7 cm³/mol. The monoisotopic (exact) mass is 348 g/mol. The summed E-state index contributed by atoms with van der Waals surface area (Å²) in [7, 11) is 0. The van der Waals surface area contributed by atoms with Gasteiger partial charge in [0.2, 0.25) is 0 Å². The number of halogens is 4. The van der Waals surface area contributed by atoms with E-state index in [1.54, 1.807) is 13.0 Å². The number of alkyl halides is 3. The van der Waals surface area contributed by atoms with Crippen LogP contribution in [0.3, 0.4) is 0 Å². The van der Waals surface area contributed by atoms with Gasteiger partial charge in [-0.3, -0.25) is 0 Å². The Kier molecular flexibility index (Phi) is 4.12. The molecule has 0 aliphatic heterocycles. The van der Waals surface area contributed by atoms with Crippen LogP contribution < -0.4 is 9.47 Å². The first-order chi connectivity index (χ1) is 9.33. The summed E-state index contributed by atoms with van der Waals surface area (Å²) in [5, 5.41) is 0. The summed E-state index contributed by atoms with van der Waals surface area (Å²) in [6.07, 6.45) is -3.22. The highest BCUT2D eigenvalue weighted by atomic mass is 79.9. The molecule has 2 rings (SSSR count). The molecule has 0 aliphatic rings. The Morgan fingerprint density at radius 3 is 2.55 bits per heavy atom. The highest BCUT2D eigenvalue weighted by molar-refractivity contribution is 9.10. The fraction of sp³-hybridized carbons (Fsp3) is 0.167. The van der Waals surface area contributed by atoms with E-state index in [1.165, 1.54) is 18.3 Å². The van der Waals surface area contributed by atoms with Gasteiger partial charge in [-0.2, -0.15) is 0 Å². The van der Waals surface area contributed by atoms with E-state index < -0.39 is 6.36 Å². The number of nitrogens with zero attached hydrogens (tertiary/aromatic N) is 2. The van der Waals surface area contributed by atoms with E-state index in [9.17, 15) is 13.2 Å². The quantitative estimate of drug-likeness (QED) is 0.832. The highest BCUT2D eigenvalue weighted by Gasteiger charge is 2.32. The van der Waals surface area contributed by atoms with Crippen LogP contribution in [0.4, 0.5) is 13.2 Å². The van der Waals surface area contributed by atoms with Gasteiger partial charge in [0.15, 0.2) is 0 Å². The van der Waals surface area contributed by atoms with Crippen molar-refractivity contribution in [1.29, 1.82) is 0 Å². The summed E-state index contributed by atoms with van der Waals surface area (Å²) in [5.74, 6) is -0.0630. The van der Waals surface area contributed by atoms with Gasteiger partial charge in [-0.15, -0.1) is 13.2 Å². The maximum absolute atomic E-state index is 12.1. The standard InChI is InChI=1S/C12H8BrF3N2O2/c1-7-4-5-17-11(18-7)19-8-2-3-10(9(13)6-8)20-12(14,15)16/h2-6H,1H3. The zero-order chi connectivity index (χ0) is 14.8. The van der Waals surface area contributed by atoms with Crippen molar-refractivity contribution in [1.82, 2.24) is 9.97 Å². The first-order valence-electron chi connectivity index (χ1n) is 5.36. The van der Waals surface area contributed by atoms with Gasteiger partial charge in [-0.25, -0.2) is 9.97 Å². The lowest BCUT2D eigenvalue weighted by atomic mass is 10.3. The molecule has 0 spiro atoms. The zero-order valence-corrected chi connectivity index (χ0v) is 11.7. The van der Waals surface area contributed by atoms with Gasteiger partial charge in [0.1, 0.15) is 11.5 Å². The summed E-state index contributed by atoms with van der Waals surface area (Å²) in [6.45, 7) is 1.77. The summed E-state index contributed by atoms with van der Waals surface area (Å²) in [5.41, 5.74) is 0.714. The topological polar surface area (TPSA) is 44.2 Å². The van der Waals surface area contributed by atoms with Gasteiger partial charge < -0.3 is 9.47 Å². The number of hydrogen-bond acceptors (Lipinski definition) is 4. The van der Waals surface area contributed by atoms with Crippen molar-refractivity contribution >= 4 is 15.9 Å². The maximum Gasteiger partial charge on any atom is 0.573 e. The third-order valence-corrected chi connectivity index (χ3v) is 2.73. The molecule has 0 unspecified atom stereocenters. The fourth-order valence-corrected chi connectivity index (χ4v) is 1.77. The molecule has 0 saturated carbocycles. The van der Waals surface area contributed by atoms with Crippen LogP contribution in [0.2, 0.25) is 0 Å². The van der Waals surface area contributed by atoms with Crippen molar-refractivity contribution in [3.05, 3.63) is 40.6 Å². The Balaban J connectivity index is 2.17. The minimum absolute atomic E-state index is 0.111. The van der Waals surface area contributed by atoms with Crippen LogP contribution in [-0.2, 0) is 0 Å². The van der Waals surface area contributed by atoms with Crippen molar-refractivity contribution in [3.63, 3.8) is 0 Å². The lowest BCUT2D eigenvalue weighted by Crippen LogP contribution is -2.17. The number of hydrogen-bond donors (Lipinski definition) is 0. The molecule has 20 heavy (non-hydrogen) atoms. The van der Waals surface area contributed by atoms with Crippen LogP contribution in [-0.4, -0.2) is 16.3 Å². The number of benzene rings is 1. The Bertz CT molecular complexity index is 620. The van der Waals surface area contributed by atoms with E-state index in [1.807, 2.05) is 0 Å². The largest absolute Gasteiger partial charge is 0.573 e. The average molecular weight is 349 g/mol. The second-order valence-corrected chi connectivity index (χ2v) is 4.58. The molecule has 0 saturated heterocycles. The Labute approximate surface area is 120 Å². The molecule has 1 aromatic carbocycles. The number of aryl methyl sites for hydroxylation is 1. The first kappa shape index (κ1) is 14.6. The van der Waals surface area contributed by atoms with Crippen LogP contribution in [0.1, 0.15) is 5.69 Å². The summed E-state index contributed by atoms with van der Waals surface area (Å²) >= 11 is 2.98. The third-order valence-electron chi connectivity index (χ3n) is 2.11. The molecule has 106 valence electrons. The van der Waals surface area contributed by atoms with Crippen LogP contribution in [0.15, 0.2) is 34.9 Å². The Morgan fingerprint density at radius 1 is 1.20 bits per heavy atom. The van der Waals surface area contributed by atoms with Gasteiger partial charge >= 0.3 is 12.4 Å².